The molecule has 0 bridgehead atoms. The van der Waals surface area contributed by atoms with Crippen molar-refractivity contribution in [3.8, 4) is 0 Å². The number of ether oxygens (including phenoxy) is 1. The maximum atomic E-state index is 5.55. The number of para-hydroxylation sites is 1. The quantitative estimate of drug-likeness (QED) is 0.782. The summed E-state index contributed by atoms with van der Waals surface area (Å²) in [5.41, 5.74) is 2.54. The zero-order valence-electron chi connectivity index (χ0n) is 12.3. The van der Waals surface area contributed by atoms with Crippen molar-refractivity contribution < 1.29 is 4.74 Å². The number of rotatable bonds is 5. The third-order valence-corrected chi connectivity index (χ3v) is 4.10. The van der Waals surface area contributed by atoms with Crippen LogP contribution in [0.5, 0.6) is 0 Å². The number of hydrogen-bond donors (Lipinski definition) is 1. The third-order valence-electron chi connectivity index (χ3n) is 4.10. The molecule has 2 nitrogen and oxygen atoms in total. The van der Waals surface area contributed by atoms with Crippen molar-refractivity contribution in [3.05, 3.63) is 29.8 Å². The van der Waals surface area contributed by atoms with E-state index in [4.69, 9.17) is 4.74 Å². The standard InChI is InChI=1S/C17H27NO/c1-3-19-13-15-8-4-5-10-17(15)18-16-9-6-7-14(2)11-12-16/h4-5,8,10,14,16,18H,3,6-7,9,11-13H2,1-2H3. The lowest BCUT2D eigenvalue weighted by atomic mass is 10.0. The predicted octanol–water partition coefficient (Wildman–Crippen LogP) is 4.60. The Hall–Kier alpha value is -1.02. The van der Waals surface area contributed by atoms with Gasteiger partial charge in [0.15, 0.2) is 0 Å². The largest absolute Gasteiger partial charge is 0.382 e. The van der Waals surface area contributed by atoms with E-state index in [1.807, 2.05) is 6.92 Å². The van der Waals surface area contributed by atoms with Crippen LogP contribution in [0, 0.1) is 5.92 Å². The molecule has 0 spiro atoms. The Morgan fingerprint density at radius 1 is 1.16 bits per heavy atom. The average molecular weight is 261 g/mol. The van der Waals surface area contributed by atoms with Crippen molar-refractivity contribution in [2.75, 3.05) is 11.9 Å². The maximum absolute atomic E-state index is 5.55. The van der Waals surface area contributed by atoms with E-state index in [0.29, 0.717) is 12.6 Å². The highest BCUT2D eigenvalue weighted by atomic mass is 16.5. The Kier molecular flexibility index (Phi) is 5.71. The Morgan fingerprint density at radius 3 is 2.84 bits per heavy atom. The van der Waals surface area contributed by atoms with Gasteiger partial charge in [0.1, 0.15) is 0 Å². The van der Waals surface area contributed by atoms with Gasteiger partial charge in [0.25, 0.3) is 0 Å². The predicted molar refractivity (Wildman–Crippen MR) is 81.4 cm³/mol. The summed E-state index contributed by atoms with van der Waals surface area (Å²) >= 11 is 0. The molecule has 0 aromatic heterocycles. The molecule has 106 valence electrons. The second kappa shape index (κ2) is 7.54. The van der Waals surface area contributed by atoms with Crippen molar-refractivity contribution in [1.82, 2.24) is 0 Å². The van der Waals surface area contributed by atoms with E-state index in [0.717, 1.165) is 12.5 Å². The minimum atomic E-state index is 0.632. The van der Waals surface area contributed by atoms with E-state index >= 15 is 0 Å². The highest BCUT2D eigenvalue weighted by Crippen LogP contribution is 2.26. The molecule has 1 aromatic rings. The number of anilines is 1. The van der Waals surface area contributed by atoms with E-state index < -0.39 is 0 Å². The molecule has 1 saturated carbocycles. The summed E-state index contributed by atoms with van der Waals surface area (Å²) in [6, 6.07) is 9.18. The molecule has 0 amide bonds. The average Bonchev–Trinajstić information content (AvgIpc) is 2.63. The zero-order valence-corrected chi connectivity index (χ0v) is 12.3. The lowest BCUT2D eigenvalue weighted by Gasteiger charge is -2.20. The number of benzene rings is 1. The molecular formula is C17H27NO. The van der Waals surface area contributed by atoms with Crippen LogP contribution < -0.4 is 5.32 Å². The molecule has 1 aliphatic carbocycles. The van der Waals surface area contributed by atoms with Gasteiger partial charge in [-0.15, -0.1) is 0 Å². The van der Waals surface area contributed by atoms with Crippen LogP contribution in [0.3, 0.4) is 0 Å². The molecule has 2 atom stereocenters. The van der Waals surface area contributed by atoms with Crippen molar-refractivity contribution in [2.24, 2.45) is 5.92 Å². The van der Waals surface area contributed by atoms with Crippen LogP contribution in [-0.2, 0) is 11.3 Å². The normalized spacial score (nSPS) is 23.9. The van der Waals surface area contributed by atoms with E-state index in [-0.39, 0.29) is 0 Å². The van der Waals surface area contributed by atoms with Gasteiger partial charge < -0.3 is 10.1 Å². The summed E-state index contributed by atoms with van der Waals surface area (Å²) < 4.78 is 5.55. The van der Waals surface area contributed by atoms with E-state index in [1.165, 1.54) is 43.4 Å². The fourth-order valence-corrected chi connectivity index (χ4v) is 2.85. The molecule has 2 rings (SSSR count). The van der Waals surface area contributed by atoms with Gasteiger partial charge in [0, 0.05) is 23.9 Å². The van der Waals surface area contributed by atoms with Crippen molar-refractivity contribution in [2.45, 2.75) is 58.6 Å². The summed E-state index contributed by atoms with van der Waals surface area (Å²) in [5, 5.41) is 3.74. The second-order valence-corrected chi connectivity index (χ2v) is 5.75. The molecule has 19 heavy (non-hydrogen) atoms. The van der Waals surface area contributed by atoms with Crippen molar-refractivity contribution in [1.29, 1.82) is 0 Å². The first kappa shape index (κ1) is 14.4. The van der Waals surface area contributed by atoms with Crippen molar-refractivity contribution >= 4 is 5.69 Å². The van der Waals surface area contributed by atoms with Crippen LogP contribution in [0.4, 0.5) is 5.69 Å². The van der Waals surface area contributed by atoms with E-state index in [1.54, 1.807) is 0 Å². The summed E-state index contributed by atoms with van der Waals surface area (Å²) in [6.45, 7) is 5.91. The highest BCUT2D eigenvalue weighted by molar-refractivity contribution is 5.51. The van der Waals surface area contributed by atoms with Gasteiger partial charge in [-0.2, -0.15) is 0 Å². The van der Waals surface area contributed by atoms with Gasteiger partial charge in [-0.05, 0) is 38.2 Å². The molecule has 0 heterocycles. The summed E-state index contributed by atoms with van der Waals surface area (Å²) in [4.78, 5) is 0. The Labute approximate surface area is 117 Å². The molecule has 0 saturated heterocycles. The van der Waals surface area contributed by atoms with Crippen LogP contribution in [0.1, 0.15) is 51.5 Å². The fraction of sp³-hybridized carbons (Fsp3) is 0.647. The van der Waals surface area contributed by atoms with Gasteiger partial charge in [-0.25, -0.2) is 0 Å². The minimum Gasteiger partial charge on any atom is -0.382 e. The van der Waals surface area contributed by atoms with Crippen LogP contribution >= 0.6 is 0 Å². The lowest BCUT2D eigenvalue weighted by molar-refractivity contribution is 0.134. The maximum Gasteiger partial charge on any atom is 0.0736 e. The topological polar surface area (TPSA) is 21.3 Å². The van der Waals surface area contributed by atoms with Crippen LogP contribution in [0.2, 0.25) is 0 Å². The van der Waals surface area contributed by atoms with E-state index in [9.17, 15) is 0 Å². The molecular weight excluding hydrogens is 234 g/mol. The summed E-state index contributed by atoms with van der Waals surface area (Å²) in [5.74, 6) is 0.894. The lowest BCUT2D eigenvalue weighted by Crippen LogP contribution is -2.19. The third kappa shape index (κ3) is 4.54. The van der Waals surface area contributed by atoms with E-state index in [2.05, 4.69) is 36.5 Å². The number of nitrogens with one attached hydrogen (secondary N) is 1. The van der Waals surface area contributed by atoms with Crippen molar-refractivity contribution in [3.63, 3.8) is 0 Å². The molecule has 1 fully saturated rings. The molecule has 2 unspecified atom stereocenters. The molecule has 0 aliphatic heterocycles. The zero-order chi connectivity index (χ0) is 13.5. The Balaban J connectivity index is 1.97. The first-order chi connectivity index (χ1) is 9.29. The summed E-state index contributed by atoms with van der Waals surface area (Å²) in [6.07, 6.45) is 6.69. The SMILES string of the molecule is CCOCc1ccccc1NC1CCCC(C)CC1. The minimum absolute atomic E-state index is 0.632. The Bertz CT molecular complexity index is 377. The summed E-state index contributed by atoms with van der Waals surface area (Å²) in [7, 11) is 0. The Morgan fingerprint density at radius 2 is 2.00 bits per heavy atom. The molecule has 1 aromatic carbocycles. The first-order valence-corrected chi connectivity index (χ1v) is 7.71. The van der Waals surface area contributed by atoms with Crippen LogP contribution in [0.25, 0.3) is 0 Å². The fourth-order valence-electron chi connectivity index (χ4n) is 2.85. The molecule has 1 N–H and O–H groups in total. The second-order valence-electron chi connectivity index (χ2n) is 5.75. The van der Waals surface area contributed by atoms with Gasteiger partial charge in [0.05, 0.1) is 6.61 Å². The van der Waals surface area contributed by atoms with Crippen LogP contribution in [0.15, 0.2) is 24.3 Å². The van der Waals surface area contributed by atoms with Gasteiger partial charge in [-0.3, -0.25) is 0 Å². The monoisotopic (exact) mass is 261 g/mol. The number of hydrogen-bond acceptors (Lipinski definition) is 2. The molecule has 1 aliphatic rings. The highest BCUT2D eigenvalue weighted by Gasteiger charge is 2.16. The van der Waals surface area contributed by atoms with Gasteiger partial charge in [0.2, 0.25) is 0 Å². The van der Waals surface area contributed by atoms with Gasteiger partial charge >= 0.3 is 0 Å². The first-order valence-electron chi connectivity index (χ1n) is 7.71. The molecule has 0 radical (unpaired) electrons. The van der Waals surface area contributed by atoms with Gasteiger partial charge in [-0.1, -0.05) is 38.0 Å². The smallest absolute Gasteiger partial charge is 0.0736 e. The van der Waals surface area contributed by atoms with Crippen LogP contribution in [-0.4, -0.2) is 12.6 Å². The molecule has 2 heteroatoms.